The Kier molecular flexibility index (Phi) is 6.84. The number of carbonyl (C=O) groups is 1. The van der Waals surface area contributed by atoms with Gasteiger partial charge < -0.3 is 19.0 Å². The van der Waals surface area contributed by atoms with Crippen molar-refractivity contribution in [1.29, 1.82) is 0 Å². The van der Waals surface area contributed by atoms with E-state index >= 15 is 0 Å². The van der Waals surface area contributed by atoms with E-state index in [1.807, 2.05) is 32.0 Å². The van der Waals surface area contributed by atoms with E-state index in [0.717, 1.165) is 4.47 Å². The third-order valence-electron chi connectivity index (χ3n) is 5.69. The van der Waals surface area contributed by atoms with E-state index in [4.69, 9.17) is 30.6 Å². The molecule has 0 saturated heterocycles. The van der Waals surface area contributed by atoms with E-state index in [2.05, 4.69) is 15.9 Å². The second-order valence-corrected chi connectivity index (χ2v) is 10.4. The van der Waals surface area contributed by atoms with Crippen molar-refractivity contribution in [3.63, 3.8) is 0 Å². The van der Waals surface area contributed by atoms with Gasteiger partial charge in [0.25, 0.3) is 0 Å². The first-order chi connectivity index (χ1) is 15.6. The molecule has 0 aliphatic heterocycles. The number of carboxylic acid groups (broad SMARTS) is 1. The number of benzene rings is 2. The first kappa shape index (κ1) is 23.8. The Bertz CT molecular complexity index is 1250. The normalized spacial score (nSPS) is 18.2. The van der Waals surface area contributed by atoms with Crippen molar-refractivity contribution >= 4 is 44.5 Å². The first-order valence-corrected chi connectivity index (χ1v) is 11.8. The largest absolute Gasteiger partial charge is 0.492 e. The number of ether oxygens (including phenoxy) is 2. The van der Waals surface area contributed by atoms with E-state index in [1.165, 1.54) is 6.07 Å². The molecule has 0 amide bonds. The summed E-state index contributed by atoms with van der Waals surface area (Å²) in [5.74, 6) is -0.141. The van der Waals surface area contributed by atoms with Gasteiger partial charge >= 0.3 is 5.97 Å². The van der Waals surface area contributed by atoms with Gasteiger partial charge in [0.15, 0.2) is 11.0 Å². The molecule has 6 nitrogen and oxygen atoms in total. The van der Waals surface area contributed by atoms with Crippen molar-refractivity contribution in [2.24, 2.45) is 11.3 Å². The van der Waals surface area contributed by atoms with Gasteiger partial charge in [-0.1, -0.05) is 47.4 Å². The van der Waals surface area contributed by atoms with Gasteiger partial charge in [-0.05, 0) is 43.2 Å². The maximum absolute atomic E-state index is 12.6. The van der Waals surface area contributed by atoms with E-state index in [1.54, 1.807) is 18.2 Å². The van der Waals surface area contributed by atoms with Crippen molar-refractivity contribution < 1.29 is 23.8 Å². The smallest absolute Gasteiger partial charge is 0.306 e. The molecule has 1 aromatic heterocycles. The fourth-order valence-electron chi connectivity index (χ4n) is 3.66. The lowest BCUT2D eigenvalue weighted by molar-refractivity contribution is -0.152. The molecule has 2 aromatic carbocycles. The first-order valence-electron chi connectivity index (χ1n) is 10.6. The number of hydrogen-bond acceptors (Lipinski definition) is 5. The molecule has 1 heterocycles. The summed E-state index contributed by atoms with van der Waals surface area (Å²) in [4.78, 5) is 23.6. The van der Waals surface area contributed by atoms with Crippen LogP contribution in [-0.4, -0.2) is 30.4 Å². The van der Waals surface area contributed by atoms with Gasteiger partial charge in [-0.2, -0.15) is 0 Å². The molecule has 4 rings (SSSR count). The summed E-state index contributed by atoms with van der Waals surface area (Å²) < 4.78 is 18.9. The van der Waals surface area contributed by atoms with Gasteiger partial charge in [0.2, 0.25) is 0 Å². The molecular formula is C25H24BrClO6. The summed E-state index contributed by atoms with van der Waals surface area (Å²) in [6.07, 6.45) is 1.07. The molecule has 174 valence electrons. The summed E-state index contributed by atoms with van der Waals surface area (Å²) in [5, 5.41) is 9.80. The highest BCUT2D eigenvalue weighted by molar-refractivity contribution is 9.10. The van der Waals surface area contributed by atoms with Crippen LogP contribution in [0.2, 0.25) is 5.02 Å². The third kappa shape index (κ3) is 5.42. The van der Waals surface area contributed by atoms with E-state index in [9.17, 15) is 9.59 Å². The van der Waals surface area contributed by atoms with Gasteiger partial charge in [0.05, 0.1) is 41.2 Å². The van der Waals surface area contributed by atoms with Crippen LogP contribution in [0.15, 0.2) is 56.1 Å². The topological polar surface area (TPSA) is 86.0 Å². The molecule has 1 aliphatic carbocycles. The van der Waals surface area contributed by atoms with Gasteiger partial charge in [-0.15, -0.1) is 0 Å². The van der Waals surface area contributed by atoms with Gasteiger partial charge in [-0.3, -0.25) is 9.59 Å². The monoisotopic (exact) mass is 534 g/mol. The summed E-state index contributed by atoms with van der Waals surface area (Å²) >= 11 is 9.73. The second-order valence-electron chi connectivity index (χ2n) is 9.12. The Morgan fingerprint density at radius 1 is 1.21 bits per heavy atom. The number of para-hydroxylation sites is 1. The molecule has 0 spiro atoms. The molecule has 1 saturated carbocycles. The Morgan fingerprint density at radius 2 is 1.97 bits per heavy atom. The fraction of sp³-hybridized carbons (Fsp3) is 0.360. The van der Waals surface area contributed by atoms with Crippen LogP contribution in [0.3, 0.4) is 0 Å². The van der Waals surface area contributed by atoms with Crippen molar-refractivity contribution in [2.45, 2.75) is 32.8 Å². The van der Waals surface area contributed by atoms with Gasteiger partial charge in [0, 0.05) is 16.0 Å². The molecule has 1 N–H and O–H groups in total. The molecule has 33 heavy (non-hydrogen) atoms. The number of rotatable bonds is 8. The summed E-state index contributed by atoms with van der Waals surface area (Å²) in [5.41, 5.74) is 0.472. The zero-order chi connectivity index (χ0) is 23.8. The van der Waals surface area contributed by atoms with Gasteiger partial charge in [0.1, 0.15) is 11.5 Å². The average molecular weight is 536 g/mol. The molecule has 0 atom stereocenters. The highest BCUT2D eigenvalue weighted by Crippen LogP contribution is 2.36. The number of fused-ring (bicyclic) bond motifs is 1. The van der Waals surface area contributed by atoms with Gasteiger partial charge in [-0.25, -0.2) is 0 Å². The van der Waals surface area contributed by atoms with Crippen LogP contribution in [0, 0.1) is 11.3 Å². The minimum atomic E-state index is -0.763. The Morgan fingerprint density at radius 3 is 2.70 bits per heavy atom. The fourth-order valence-corrected chi connectivity index (χ4v) is 4.21. The molecule has 3 aromatic rings. The molecule has 1 fully saturated rings. The van der Waals surface area contributed by atoms with Crippen LogP contribution in [0.5, 0.6) is 5.75 Å². The minimum absolute atomic E-state index is 0.0246. The molecule has 0 unspecified atom stereocenters. The summed E-state index contributed by atoms with van der Waals surface area (Å²) in [6, 6.07) is 12.0. The number of carboxylic acids is 1. The molecule has 1 aliphatic rings. The minimum Gasteiger partial charge on any atom is -0.492 e. The Labute approximate surface area is 204 Å². The van der Waals surface area contributed by atoms with E-state index in [-0.39, 0.29) is 22.9 Å². The Hall–Kier alpha value is -2.35. The maximum atomic E-state index is 12.6. The second kappa shape index (κ2) is 9.49. The standard InChI is InChI=1S/C25H24BrClO6/c1-25(2,12-31-16-8-14(9-16)24(29)30)13-32-21-10-15(26)6-7-18(21)22-11-20(28)17-4-3-5-19(27)23(17)33-22/h3-7,10-11,14,16H,8-9,12-13H2,1-2H3,(H,29,30). The summed E-state index contributed by atoms with van der Waals surface area (Å²) in [6.45, 7) is 4.83. The van der Waals surface area contributed by atoms with E-state index < -0.39 is 5.97 Å². The van der Waals surface area contributed by atoms with Crippen molar-refractivity contribution in [1.82, 2.24) is 0 Å². The zero-order valence-corrected chi connectivity index (χ0v) is 20.6. The zero-order valence-electron chi connectivity index (χ0n) is 18.3. The average Bonchev–Trinajstić information content (AvgIpc) is 2.71. The molecule has 8 heteroatoms. The number of aliphatic carboxylic acids is 1. The van der Waals surface area contributed by atoms with Crippen LogP contribution in [-0.2, 0) is 9.53 Å². The van der Waals surface area contributed by atoms with Crippen molar-refractivity contribution in [3.05, 3.63) is 62.2 Å². The SMILES string of the molecule is CC(C)(COc1cc(Br)ccc1-c1cc(=O)c2cccc(Cl)c2o1)COC1CC(C(=O)O)C1. The van der Waals surface area contributed by atoms with Crippen LogP contribution in [0.4, 0.5) is 0 Å². The lowest BCUT2D eigenvalue weighted by Gasteiger charge is -2.35. The van der Waals surface area contributed by atoms with Crippen LogP contribution in [0.25, 0.3) is 22.3 Å². The highest BCUT2D eigenvalue weighted by atomic mass is 79.9. The van der Waals surface area contributed by atoms with Crippen molar-refractivity contribution in [2.75, 3.05) is 13.2 Å². The lowest BCUT2D eigenvalue weighted by Crippen LogP contribution is -2.39. The summed E-state index contributed by atoms with van der Waals surface area (Å²) in [7, 11) is 0. The predicted octanol–water partition coefficient (Wildman–Crippen LogP) is 6.16. The van der Waals surface area contributed by atoms with E-state index in [0.29, 0.717) is 59.1 Å². The molecule has 0 radical (unpaired) electrons. The quantitative estimate of drug-likeness (QED) is 0.372. The molecule has 0 bridgehead atoms. The Balaban J connectivity index is 1.51. The van der Waals surface area contributed by atoms with Crippen molar-refractivity contribution in [3.8, 4) is 17.1 Å². The number of halogens is 2. The third-order valence-corrected chi connectivity index (χ3v) is 6.48. The molecular weight excluding hydrogens is 512 g/mol. The van der Waals surface area contributed by atoms with Crippen LogP contribution < -0.4 is 10.2 Å². The van der Waals surface area contributed by atoms with Crippen LogP contribution in [0.1, 0.15) is 26.7 Å². The maximum Gasteiger partial charge on any atom is 0.306 e. The highest BCUT2D eigenvalue weighted by Gasteiger charge is 2.36. The van der Waals surface area contributed by atoms with Crippen LogP contribution >= 0.6 is 27.5 Å². The lowest BCUT2D eigenvalue weighted by atomic mass is 9.82. The number of hydrogen-bond donors (Lipinski definition) is 1. The predicted molar refractivity (Wildman–Crippen MR) is 130 cm³/mol.